The highest BCUT2D eigenvalue weighted by atomic mass is 79.9. The third-order valence-electron chi connectivity index (χ3n) is 3.66. The summed E-state index contributed by atoms with van der Waals surface area (Å²) in [6.07, 6.45) is 1.89. The van der Waals surface area contributed by atoms with E-state index in [0.29, 0.717) is 17.1 Å². The first-order valence-electron chi connectivity index (χ1n) is 6.39. The first kappa shape index (κ1) is 14.8. The number of rotatable bonds is 2. The van der Waals surface area contributed by atoms with Crippen LogP contribution < -0.4 is 0 Å². The highest BCUT2D eigenvalue weighted by Crippen LogP contribution is 2.27. The Labute approximate surface area is 126 Å². The van der Waals surface area contributed by atoms with E-state index >= 15 is 0 Å². The lowest BCUT2D eigenvalue weighted by molar-refractivity contribution is 0.0489. The molecule has 1 heterocycles. The maximum atomic E-state index is 12.6. The number of piperidine rings is 1. The van der Waals surface area contributed by atoms with E-state index in [4.69, 9.17) is 11.6 Å². The van der Waals surface area contributed by atoms with Crippen LogP contribution in [0.25, 0.3) is 0 Å². The Bertz CT molecular complexity index is 481. The third-order valence-corrected chi connectivity index (χ3v) is 4.48. The molecule has 5 heteroatoms. The maximum Gasteiger partial charge on any atom is 0.255 e. The van der Waals surface area contributed by atoms with Gasteiger partial charge in [-0.25, -0.2) is 0 Å². The zero-order chi connectivity index (χ0) is 14.0. The summed E-state index contributed by atoms with van der Waals surface area (Å²) in [6.45, 7) is 2.76. The Kier molecular flexibility index (Phi) is 4.87. The van der Waals surface area contributed by atoms with Gasteiger partial charge in [0, 0.05) is 23.7 Å². The number of aliphatic hydroxyl groups excluding tert-OH is 1. The maximum absolute atomic E-state index is 12.6. The first-order valence-corrected chi connectivity index (χ1v) is 7.57. The summed E-state index contributed by atoms with van der Waals surface area (Å²) in [5.41, 5.74) is 0.515. The van der Waals surface area contributed by atoms with Crippen LogP contribution in [-0.4, -0.2) is 35.1 Å². The monoisotopic (exact) mass is 345 g/mol. The van der Waals surface area contributed by atoms with Crippen molar-refractivity contribution in [2.24, 2.45) is 5.92 Å². The summed E-state index contributed by atoms with van der Waals surface area (Å²) >= 11 is 9.47. The van der Waals surface area contributed by atoms with Crippen LogP contribution in [0.5, 0.6) is 0 Å². The van der Waals surface area contributed by atoms with Gasteiger partial charge in [0.05, 0.1) is 10.6 Å². The lowest BCUT2D eigenvalue weighted by Gasteiger charge is -2.37. The number of carbonyl (C=O) groups excluding carboxylic acids is 1. The zero-order valence-corrected chi connectivity index (χ0v) is 13.1. The second-order valence-electron chi connectivity index (χ2n) is 5.06. The van der Waals surface area contributed by atoms with E-state index < -0.39 is 0 Å². The molecule has 2 rings (SSSR count). The molecule has 19 heavy (non-hydrogen) atoms. The molecule has 1 amide bonds. The summed E-state index contributed by atoms with van der Waals surface area (Å²) in [4.78, 5) is 14.4. The number of nitrogens with zero attached hydrogens (tertiary/aromatic N) is 1. The second kappa shape index (κ2) is 6.25. The van der Waals surface area contributed by atoms with Crippen LogP contribution in [0.3, 0.4) is 0 Å². The average molecular weight is 347 g/mol. The van der Waals surface area contributed by atoms with Gasteiger partial charge in [-0.1, -0.05) is 27.5 Å². The molecule has 0 bridgehead atoms. The Morgan fingerprint density at radius 1 is 1.53 bits per heavy atom. The molecule has 2 unspecified atom stereocenters. The van der Waals surface area contributed by atoms with Crippen LogP contribution in [-0.2, 0) is 0 Å². The predicted molar refractivity (Wildman–Crippen MR) is 79.5 cm³/mol. The molecule has 1 aromatic carbocycles. The largest absolute Gasteiger partial charge is 0.396 e. The first-order chi connectivity index (χ1) is 9.02. The minimum absolute atomic E-state index is 0.0584. The fourth-order valence-electron chi connectivity index (χ4n) is 2.43. The molecule has 0 aromatic heterocycles. The summed E-state index contributed by atoms with van der Waals surface area (Å²) in [5.74, 6) is 0.114. The van der Waals surface area contributed by atoms with Crippen molar-refractivity contribution in [2.45, 2.75) is 25.8 Å². The standard InChI is InChI=1S/C14H17BrClNO2/c1-9-2-3-10(8-18)7-17(9)14(19)12-6-11(15)4-5-13(12)16/h4-6,9-10,18H,2-3,7-8H2,1H3. The molecule has 1 fully saturated rings. The van der Waals surface area contributed by atoms with Gasteiger partial charge in [0.1, 0.15) is 0 Å². The molecular weight excluding hydrogens is 330 g/mol. The van der Waals surface area contributed by atoms with Gasteiger partial charge in [0.2, 0.25) is 0 Å². The van der Waals surface area contributed by atoms with Crippen molar-refractivity contribution >= 4 is 33.4 Å². The highest BCUT2D eigenvalue weighted by Gasteiger charge is 2.30. The van der Waals surface area contributed by atoms with Crippen LogP contribution in [0, 0.1) is 5.92 Å². The molecule has 0 spiro atoms. The topological polar surface area (TPSA) is 40.5 Å². The van der Waals surface area contributed by atoms with Crippen LogP contribution in [0.1, 0.15) is 30.1 Å². The van der Waals surface area contributed by atoms with Crippen molar-refractivity contribution in [3.8, 4) is 0 Å². The number of carbonyl (C=O) groups is 1. The zero-order valence-electron chi connectivity index (χ0n) is 10.8. The number of aliphatic hydroxyl groups is 1. The molecule has 1 saturated heterocycles. The number of benzene rings is 1. The number of hydrogen-bond acceptors (Lipinski definition) is 2. The minimum Gasteiger partial charge on any atom is -0.396 e. The van der Waals surface area contributed by atoms with Gasteiger partial charge >= 0.3 is 0 Å². The van der Waals surface area contributed by atoms with Crippen molar-refractivity contribution in [3.05, 3.63) is 33.3 Å². The highest BCUT2D eigenvalue weighted by molar-refractivity contribution is 9.10. The van der Waals surface area contributed by atoms with Gasteiger partial charge in [-0.3, -0.25) is 4.79 Å². The molecule has 0 aliphatic carbocycles. The molecule has 104 valence electrons. The third kappa shape index (κ3) is 3.30. The van der Waals surface area contributed by atoms with Gasteiger partial charge < -0.3 is 10.0 Å². The minimum atomic E-state index is -0.0584. The molecular formula is C14H17BrClNO2. The van der Waals surface area contributed by atoms with E-state index in [2.05, 4.69) is 15.9 Å². The van der Waals surface area contributed by atoms with Crippen molar-refractivity contribution in [1.82, 2.24) is 4.90 Å². The quantitative estimate of drug-likeness (QED) is 0.892. The predicted octanol–water partition coefficient (Wildman–Crippen LogP) is 3.34. The molecule has 1 aliphatic heterocycles. The molecule has 0 saturated carbocycles. The van der Waals surface area contributed by atoms with E-state index in [1.54, 1.807) is 12.1 Å². The molecule has 2 atom stereocenters. The van der Waals surface area contributed by atoms with Crippen LogP contribution in [0.15, 0.2) is 22.7 Å². The Morgan fingerprint density at radius 2 is 2.26 bits per heavy atom. The van der Waals surface area contributed by atoms with E-state index in [9.17, 15) is 9.90 Å². The Morgan fingerprint density at radius 3 is 2.95 bits per heavy atom. The summed E-state index contributed by atoms with van der Waals surface area (Å²) in [5, 5.41) is 9.74. The molecule has 1 N–H and O–H groups in total. The summed E-state index contributed by atoms with van der Waals surface area (Å²) in [6, 6.07) is 5.47. The van der Waals surface area contributed by atoms with Gasteiger partial charge in [-0.2, -0.15) is 0 Å². The van der Waals surface area contributed by atoms with Crippen LogP contribution >= 0.6 is 27.5 Å². The summed E-state index contributed by atoms with van der Waals surface area (Å²) in [7, 11) is 0. The van der Waals surface area contributed by atoms with Crippen LogP contribution in [0.4, 0.5) is 0 Å². The molecule has 1 aromatic rings. The van der Waals surface area contributed by atoms with Gasteiger partial charge in [0.25, 0.3) is 5.91 Å². The number of amides is 1. The van der Waals surface area contributed by atoms with Crippen molar-refractivity contribution in [3.63, 3.8) is 0 Å². The van der Waals surface area contributed by atoms with E-state index in [1.807, 2.05) is 17.9 Å². The average Bonchev–Trinajstić information content (AvgIpc) is 2.41. The van der Waals surface area contributed by atoms with Crippen molar-refractivity contribution in [1.29, 1.82) is 0 Å². The fraction of sp³-hybridized carbons (Fsp3) is 0.500. The van der Waals surface area contributed by atoms with Crippen molar-refractivity contribution in [2.75, 3.05) is 13.2 Å². The molecule has 0 radical (unpaired) electrons. The van der Waals surface area contributed by atoms with Crippen molar-refractivity contribution < 1.29 is 9.90 Å². The smallest absolute Gasteiger partial charge is 0.255 e. The summed E-state index contributed by atoms with van der Waals surface area (Å²) < 4.78 is 0.837. The Balaban J connectivity index is 2.24. The fourth-order valence-corrected chi connectivity index (χ4v) is 2.99. The number of halogens is 2. The molecule has 3 nitrogen and oxygen atoms in total. The lowest BCUT2D eigenvalue weighted by Crippen LogP contribution is -2.46. The van der Waals surface area contributed by atoms with Gasteiger partial charge in [0.15, 0.2) is 0 Å². The SMILES string of the molecule is CC1CCC(CO)CN1C(=O)c1cc(Br)ccc1Cl. The van der Waals surface area contributed by atoms with E-state index in [-0.39, 0.29) is 24.5 Å². The Hall–Kier alpha value is -0.580. The lowest BCUT2D eigenvalue weighted by atomic mass is 9.93. The molecule has 1 aliphatic rings. The van der Waals surface area contributed by atoms with Gasteiger partial charge in [-0.15, -0.1) is 0 Å². The normalized spacial score (nSPS) is 23.5. The number of likely N-dealkylation sites (tertiary alicyclic amines) is 1. The van der Waals surface area contributed by atoms with E-state index in [0.717, 1.165) is 17.3 Å². The second-order valence-corrected chi connectivity index (χ2v) is 6.38. The number of hydrogen-bond donors (Lipinski definition) is 1. The van der Waals surface area contributed by atoms with E-state index in [1.165, 1.54) is 0 Å². The van der Waals surface area contributed by atoms with Crippen LogP contribution in [0.2, 0.25) is 5.02 Å². The van der Waals surface area contributed by atoms with Gasteiger partial charge in [-0.05, 0) is 43.9 Å².